The molecule has 1 atom stereocenters. The highest BCUT2D eigenvalue weighted by atomic mass is 35.5. The molecule has 29 heavy (non-hydrogen) atoms. The van der Waals surface area contributed by atoms with Crippen molar-refractivity contribution in [1.29, 1.82) is 0 Å². The predicted molar refractivity (Wildman–Crippen MR) is 94.2 cm³/mol. The van der Waals surface area contributed by atoms with E-state index in [0.717, 1.165) is 12.1 Å². The summed E-state index contributed by atoms with van der Waals surface area (Å²) in [5.41, 5.74) is -4.47. The number of hydrogen-bond acceptors (Lipinski definition) is 5. The van der Waals surface area contributed by atoms with Gasteiger partial charge in [0.05, 0.1) is 5.56 Å². The van der Waals surface area contributed by atoms with E-state index in [2.05, 4.69) is 20.1 Å². The molecule has 0 spiro atoms. The Morgan fingerprint density at radius 3 is 2.38 bits per heavy atom. The molecule has 3 N–H and O–H groups in total. The van der Waals surface area contributed by atoms with Crippen molar-refractivity contribution in [3.05, 3.63) is 34.3 Å². The Hall–Kier alpha value is -2.21. The van der Waals surface area contributed by atoms with Crippen molar-refractivity contribution in [1.82, 2.24) is 15.5 Å². The molecule has 162 valence electrons. The van der Waals surface area contributed by atoms with Gasteiger partial charge in [0.2, 0.25) is 5.89 Å². The SMILES string of the molecule is Cl.O=c1[nH]nc(-c2ccc(C(F)(F)F)c(N[C@@H](C(F)F)C3(F)CCNCC3)c2)o1. The van der Waals surface area contributed by atoms with Crippen LogP contribution in [0.2, 0.25) is 0 Å². The number of nitrogens with one attached hydrogen (secondary N) is 3. The summed E-state index contributed by atoms with van der Waals surface area (Å²) in [6.45, 7) is 0.262. The molecular weight excluding hydrogens is 430 g/mol. The molecule has 0 aliphatic carbocycles. The van der Waals surface area contributed by atoms with E-state index in [1.54, 1.807) is 0 Å². The minimum atomic E-state index is -4.88. The van der Waals surface area contributed by atoms with Crippen molar-refractivity contribution in [3.63, 3.8) is 0 Å². The molecule has 2 heterocycles. The first-order valence-corrected chi connectivity index (χ1v) is 8.31. The van der Waals surface area contributed by atoms with Gasteiger partial charge >= 0.3 is 11.9 Å². The average Bonchev–Trinajstić information content (AvgIpc) is 3.05. The van der Waals surface area contributed by atoms with Crippen LogP contribution in [-0.4, -0.2) is 41.4 Å². The second-order valence-electron chi connectivity index (χ2n) is 6.42. The van der Waals surface area contributed by atoms with Gasteiger partial charge in [-0.3, -0.25) is 0 Å². The lowest BCUT2D eigenvalue weighted by atomic mass is 9.86. The first kappa shape index (κ1) is 23.1. The van der Waals surface area contributed by atoms with Crippen LogP contribution in [0.5, 0.6) is 0 Å². The zero-order chi connectivity index (χ0) is 20.5. The molecule has 3 rings (SSSR count). The van der Waals surface area contributed by atoms with Crippen LogP contribution < -0.4 is 16.4 Å². The number of piperidine rings is 1. The fourth-order valence-electron chi connectivity index (χ4n) is 3.14. The van der Waals surface area contributed by atoms with Gasteiger partial charge in [0.25, 0.3) is 6.43 Å². The third kappa shape index (κ3) is 5.04. The number of nitrogens with zero attached hydrogens (tertiary/aromatic N) is 1. The Bertz CT molecular complexity index is 879. The van der Waals surface area contributed by atoms with E-state index < -0.39 is 41.3 Å². The number of anilines is 1. The summed E-state index contributed by atoms with van der Waals surface area (Å²) in [4.78, 5) is 11.1. The maximum atomic E-state index is 15.1. The van der Waals surface area contributed by atoms with E-state index in [4.69, 9.17) is 0 Å². The highest BCUT2D eigenvalue weighted by Gasteiger charge is 2.46. The van der Waals surface area contributed by atoms with Crippen molar-refractivity contribution in [2.75, 3.05) is 18.4 Å². The van der Waals surface area contributed by atoms with E-state index in [9.17, 15) is 26.7 Å². The van der Waals surface area contributed by atoms with Crippen LogP contribution in [-0.2, 0) is 6.18 Å². The third-order valence-electron chi connectivity index (χ3n) is 4.57. The summed E-state index contributed by atoms with van der Waals surface area (Å²) in [6.07, 6.45) is -8.68. The summed E-state index contributed by atoms with van der Waals surface area (Å²) in [6, 6.07) is 0.293. The van der Waals surface area contributed by atoms with Gasteiger partial charge in [-0.05, 0) is 44.1 Å². The summed E-state index contributed by atoms with van der Waals surface area (Å²) in [5.74, 6) is -1.26. The standard InChI is InChI=1S/C16H16F6N4O2.ClH/c17-12(18)11(15(19)3-5-23-6-4-15)24-10-7-8(13-25-26-14(27)28-13)1-2-9(10)16(20,21)22;/h1-2,7,11-12,23-24H,3-6H2,(H,26,27);1H/t11-;/m0./s1. The smallest absolute Gasteiger partial charge is 0.388 e. The van der Waals surface area contributed by atoms with E-state index in [1.165, 1.54) is 0 Å². The van der Waals surface area contributed by atoms with Crippen LogP contribution in [0, 0.1) is 0 Å². The van der Waals surface area contributed by atoms with Gasteiger partial charge in [-0.25, -0.2) is 23.1 Å². The fourth-order valence-corrected chi connectivity index (χ4v) is 3.14. The minimum absolute atomic E-state index is 0. The molecule has 1 saturated heterocycles. The summed E-state index contributed by atoms with van der Waals surface area (Å²) in [7, 11) is 0. The van der Waals surface area contributed by atoms with Gasteiger partial charge < -0.3 is 15.1 Å². The Balaban J connectivity index is 0.00000300. The van der Waals surface area contributed by atoms with Crippen LogP contribution >= 0.6 is 12.4 Å². The lowest BCUT2D eigenvalue weighted by Crippen LogP contribution is -2.53. The van der Waals surface area contributed by atoms with Crippen molar-refractivity contribution in [2.45, 2.75) is 37.2 Å². The quantitative estimate of drug-likeness (QED) is 0.611. The number of aromatic amines is 1. The highest BCUT2D eigenvalue weighted by Crippen LogP contribution is 2.40. The summed E-state index contributed by atoms with van der Waals surface area (Å²) >= 11 is 0. The summed E-state index contributed by atoms with van der Waals surface area (Å²) < 4.78 is 87.0. The molecule has 6 nitrogen and oxygen atoms in total. The maximum Gasteiger partial charge on any atom is 0.434 e. The molecule has 1 fully saturated rings. The van der Waals surface area contributed by atoms with Gasteiger partial charge in [0, 0.05) is 11.3 Å². The molecule has 0 saturated carbocycles. The molecule has 2 aromatic rings. The average molecular weight is 447 g/mol. The molecule has 0 radical (unpaired) electrons. The molecule has 1 aromatic heterocycles. The van der Waals surface area contributed by atoms with E-state index in [0.29, 0.717) is 6.07 Å². The normalized spacial score (nSPS) is 17.6. The lowest BCUT2D eigenvalue weighted by Gasteiger charge is -2.38. The Morgan fingerprint density at radius 2 is 1.86 bits per heavy atom. The second-order valence-corrected chi connectivity index (χ2v) is 6.42. The molecule has 13 heteroatoms. The second kappa shape index (κ2) is 8.66. The van der Waals surface area contributed by atoms with E-state index in [1.807, 2.05) is 5.10 Å². The highest BCUT2D eigenvalue weighted by molar-refractivity contribution is 5.85. The molecule has 0 amide bonds. The number of hydrogen-bond donors (Lipinski definition) is 3. The van der Waals surface area contributed by atoms with Crippen molar-refractivity contribution in [2.24, 2.45) is 0 Å². The predicted octanol–water partition coefficient (Wildman–Crippen LogP) is 3.61. The van der Waals surface area contributed by atoms with Gasteiger partial charge in [-0.2, -0.15) is 13.2 Å². The molecular formula is C16H17ClF6N4O2. The van der Waals surface area contributed by atoms with Crippen molar-refractivity contribution >= 4 is 18.1 Å². The molecule has 0 unspecified atom stereocenters. The number of benzene rings is 1. The Labute approximate surface area is 166 Å². The monoisotopic (exact) mass is 446 g/mol. The van der Waals surface area contributed by atoms with Crippen LogP contribution in [0.25, 0.3) is 11.5 Å². The van der Waals surface area contributed by atoms with Crippen LogP contribution in [0.3, 0.4) is 0 Å². The molecule has 0 bridgehead atoms. The number of alkyl halides is 6. The van der Waals surface area contributed by atoms with Crippen LogP contribution in [0.4, 0.5) is 32.0 Å². The topological polar surface area (TPSA) is 83.0 Å². The number of aromatic nitrogens is 2. The van der Waals surface area contributed by atoms with Crippen LogP contribution in [0.15, 0.2) is 27.4 Å². The van der Waals surface area contributed by atoms with Gasteiger partial charge in [0.1, 0.15) is 11.7 Å². The van der Waals surface area contributed by atoms with Gasteiger partial charge in [0.15, 0.2) is 0 Å². The zero-order valence-corrected chi connectivity index (χ0v) is 15.5. The van der Waals surface area contributed by atoms with Gasteiger partial charge in [-0.1, -0.05) is 0 Å². The number of rotatable bonds is 5. The van der Waals surface area contributed by atoms with Crippen molar-refractivity contribution in [3.8, 4) is 11.5 Å². The molecule has 1 aromatic carbocycles. The Morgan fingerprint density at radius 1 is 1.21 bits per heavy atom. The van der Waals surface area contributed by atoms with Crippen molar-refractivity contribution < 1.29 is 30.8 Å². The number of H-pyrrole nitrogens is 1. The Kier molecular flexibility index (Phi) is 6.89. The number of halogens is 7. The lowest BCUT2D eigenvalue weighted by molar-refractivity contribution is -0.137. The zero-order valence-electron chi connectivity index (χ0n) is 14.7. The first-order chi connectivity index (χ1) is 13.1. The fraction of sp³-hybridized carbons (Fsp3) is 0.500. The van der Waals surface area contributed by atoms with E-state index >= 15 is 4.39 Å². The van der Waals surface area contributed by atoms with Gasteiger partial charge in [-0.15, -0.1) is 17.5 Å². The minimum Gasteiger partial charge on any atom is -0.388 e. The van der Waals surface area contributed by atoms with Crippen LogP contribution in [0.1, 0.15) is 18.4 Å². The largest absolute Gasteiger partial charge is 0.434 e. The van der Waals surface area contributed by atoms with E-state index in [-0.39, 0.29) is 49.8 Å². The molecule has 1 aliphatic heterocycles. The third-order valence-corrected chi connectivity index (χ3v) is 4.57. The maximum absolute atomic E-state index is 15.1. The summed E-state index contributed by atoms with van der Waals surface area (Å²) in [5, 5.41) is 10.3. The molecule has 1 aliphatic rings. The first-order valence-electron chi connectivity index (χ1n) is 8.31.